The molecule has 1 fully saturated rings. The zero-order chi connectivity index (χ0) is 20.1. The number of nitrogens with one attached hydrogen (secondary N) is 2. The largest absolute Gasteiger partial charge is 0.490 e. The van der Waals surface area contributed by atoms with Crippen molar-refractivity contribution in [2.45, 2.75) is 25.5 Å². The lowest BCUT2D eigenvalue weighted by atomic mass is 10.1. The average molecular weight is 414 g/mol. The van der Waals surface area contributed by atoms with Gasteiger partial charge in [-0.1, -0.05) is 12.1 Å². The number of benzene rings is 2. The topological polar surface area (TPSA) is 55.0 Å². The smallest absolute Gasteiger partial charge is 0.171 e. The molecule has 4 rings (SSSR count). The van der Waals surface area contributed by atoms with Gasteiger partial charge in [-0.25, -0.2) is 0 Å². The highest BCUT2D eigenvalue weighted by atomic mass is 32.1. The molecular formula is C22H27N3O3S. The zero-order valence-electron chi connectivity index (χ0n) is 16.6. The molecule has 2 N–H and O–H groups in total. The average Bonchev–Trinajstić information content (AvgIpc) is 2.75. The summed E-state index contributed by atoms with van der Waals surface area (Å²) < 4.78 is 17.2. The molecule has 0 radical (unpaired) electrons. The first-order chi connectivity index (χ1) is 14.2. The van der Waals surface area contributed by atoms with E-state index in [0.29, 0.717) is 31.0 Å². The van der Waals surface area contributed by atoms with Gasteiger partial charge in [-0.15, -0.1) is 0 Å². The van der Waals surface area contributed by atoms with Crippen molar-refractivity contribution < 1.29 is 14.2 Å². The Labute approximate surface area is 177 Å². The lowest BCUT2D eigenvalue weighted by Gasteiger charge is -2.29. The first kappa shape index (κ1) is 19.8. The molecule has 0 unspecified atom stereocenters. The summed E-state index contributed by atoms with van der Waals surface area (Å²) in [6.07, 6.45) is 2.48. The van der Waals surface area contributed by atoms with Crippen molar-refractivity contribution in [2.75, 3.05) is 38.7 Å². The molecule has 2 heterocycles. The van der Waals surface area contributed by atoms with Gasteiger partial charge in [0.15, 0.2) is 16.6 Å². The fraction of sp³-hybridized carbons (Fsp3) is 0.409. The summed E-state index contributed by atoms with van der Waals surface area (Å²) in [5.74, 6) is 2.44. The molecule has 0 bridgehead atoms. The molecular weight excluding hydrogens is 386 g/mol. The van der Waals surface area contributed by atoms with Crippen molar-refractivity contribution in [3.63, 3.8) is 0 Å². The van der Waals surface area contributed by atoms with Gasteiger partial charge in [0.1, 0.15) is 25.1 Å². The second-order valence-electron chi connectivity index (χ2n) is 7.43. The van der Waals surface area contributed by atoms with Gasteiger partial charge in [-0.2, -0.15) is 0 Å². The van der Waals surface area contributed by atoms with Crippen LogP contribution >= 0.6 is 12.2 Å². The second-order valence-corrected chi connectivity index (χ2v) is 7.84. The minimum atomic E-state index is 0.318. The summed E-state index contributed by atoms with van der Waals surface area (Å²) in [6.45, 7) is 3.99. The Bertz CT molecular complexity index is 836. The molecule has 0 atom stereocenters. The van der Waals surface area contributed by atoms with E-state index < -0.39 is 0 Å². The molecule has 2 aliphatic heterocycles. The van der Waals surface area contributed by atoms with Crippen LogP contribution in [0.2, 0.25) is 0 Å². The number of rotatable bonds is 5. The Hall–Kier alpha value is -2.51. The number of hydrogen-bond donors (Lipinski definition) is 2. The molecule has 7 heteroatoms. The number of fused-ring (bicyclic) bond motifs is 1. The van der Waals surface area contributed by atoms with Gasteiger partial charge >= 0.3 is 0 Å². The lowest BCUT2D eigenvalue weighted by molar-refractivity contribution is 0.114. The Morgan fingerprint density at radius 1 is 1.07 bits per heavy atom. The maximum Gasteiger partial charge on any atom is 0.171 e. The predicted octanol–water partition coefficient (Wildman–Crippen LogP) is 3.42. The number of likely N-dealkylation sites (tertiary alicyclic amines) is 1. The molecule has 1 saturated heterocycles. The molecule has 154 valence electrons. The van der Waals surface area contributed by atoms with E-state index in [4.69, 9.17) is 26.4 Å². The number of anilines is 1. The highest BCUT2D eigenvalue weighted by molar-refractivity contribution is 7.80. The quantitative estimate of drug-likeness (QED) is 0.729. The summed E-state index contributed by atoms with van der Waals surface area (Å²) in [7, 11) is 2.16. The number of piperidine rings is 1. The number of hydrogen-bond acceptors (Lipinski definition) is 5. The monoisotopic (exact) mass is 413 g/mol. The van der Waals surface area contributed by atoms with Gasteiger partial charge in [-0.05, 0) is 61.9 Å². The van der Waals surface area contributed by atoms with E-state index >= 15 is 0 Å². The predicted molar refractivity (Wildman–Crippen MR) is 118 cm³/mol. The minimum absolute atomic E-state index is 0.318. The van der Waals surface area contributed by atoms with Crippen LogP contribution in [-0.4, -0.2) is 49.5 Å². The third-order valence-corrected chi connectivity index (χ3v) is 5.39. The molecule has 0 aromatic heterocycles. The van der Waals surface area contributed by atoms with Crippen LogP contribution < -0.4 is 24.8 Å². The molecule has 0 saturated carbocycles. The fourth-order valence-electron chi connectivity index (χ4n) is 3.46. The van der Waals surface area contributed by atoms with Crippen molar-refractivity contribution in [1.82, 2.24) is 10.2 Å². The van der Waals surface area contributed by atoms with Crippen LogP contribution in [0.1, 0.15) is 18.4 Å². The van der Waals surface area contributed by atoms with Gasteiger partial charge in [0.05, 0.1) is 0 Å². The summed E-state index contributed by atoms with van der Waals surface area (Å²) in [5, 5.41) is 6.99. The van der Waals surface area contributed by atoms with Crippen LogP contribution in [0, 0.1) is 0 Å². The molecule has 6 nitrogen and oxygen atoms in total. The van der Waals surface area contributed by atoms with Gasteiger partial charge in [0.25, 0.3) is 0 Å². The van der Waals surface area contributed by atoms with Crippen LogP contribution in [0.15, 0.2) is 42.5 Å². The Morgan fingerprint density at radius 2 is 1.79 bits per heavy atom. The van der Waals surface area contributed by atoms with E-state index in [1.54, 1.807) is 0 Å². The minimum Gasteiger partial charge on any atom is -0.490 e. The van der Waals surface area contributed by atoms with E-state index in [1.165, 1.54) is 0 Å². The van der Waals surface area contributed by atoms with Crippen LogP contribution in [0.3, 0.4) is 0 Å². The maximum absolute atomic E-state index is 6.10. The molecule has 2 aromatic rings. The van der Waals surface area contributed by atoms with Gasteiger partial charge < -0.3 is 29.7 Å². The first-order valence-electron chi connectivity index (χ1n) is 10.0. The zero-order valence-corrected chi connectivity index (χ0v) is 17.5. The third kappa shape index (κ3) is 5.52. The highest BCUT2D eigenvalue weighted by Crippen LogP contribution is 2.32. The number of ether oxygens (including phenoxy) is 3. The summed E-state index contributed by atoms with van der Waals surface area (Å²) in [6, 6.07) is 13.9. The molecule has 0 amide bonds. The number of thiocarbonyl (C=S) groups is 1. The van der Waals surface area contributed by atoms with Crippen LogP contribution in [-0.2, 0) is 6.54 Å². The maximum atomic E-state index is 6.10. The SMILES string of the molecule is CN1CCC(Oc2ccc(CNC(=S)Nc3ccc4c(c3)OCCO4)cc2)CC1. The summed E-state index contributed by atoms with van der Waals surface area (Å²) in [4.78, 5) is 2.34. The Balaban J connectivity index is 1.24. The van der Waals surface area contributed by atoms with Crippen molar-refractivity contribution in [3.8, 4) is 17.2 Å². The van der Waals surface area contributed by atoms with Gasteiger partial charge in [0.2, 0.25) is 0 Å². The van der Waals surface area contributed by atoms with Crippen LogP contribution in [0.4, 0.5) is 5.69 Å². The normalized spacial score (nSPS) is 16.9. The highest BCUT2D eigenvalue weighted by Gasteiger charge is 2.18. The van der Waals surface area contributed by atoms with E-state index in [-0.39, 0.29) is 0 Å². The molecule has 2 aliphatic rings. The van der Waals surface area contributed by atoms with E-state index in [1.807, 2.05) is 30.3 Å². The lowest BCUT2D eigenvalue weighted by Crippen LogP contribution is -2.35. The van der Waals surface area contributed by atoms with E-state index in [9.17, 15) is 0 Å². The van der Waals surface area contributed by atoms with Crippen molar-refractivity contribution in [2.24, 2.45) is 0 Å². The van der Waals surface area contributed by atoms with Crippen molar-refractivity contribution in [3.05, 3.63) is 48.0 Å². The molecule has 0 spiro atoms. The van der Waals surface area contributed by atoms with Gasteiger partial charge in [-0.3, -0.25) is 0 Å². The third-order valence-electron chi connectivity index (χ3n) is 5.14. The van der Waals surface area contributed by atoms with Crippen molar-refractivity contribution in [1.29, 1.82) is 0 Å². The summed E-state index contributed by atoms with van der Waals surface area (Å²) in [5.41, 5.74) is 2.01. The molecule has 0 aliphatic carbocycles. The van der Waals surface area contributed by atoms with E-state index in [2.05, 4.69) is 34.7 Å². The van der Waals surface area contributed by atoms with Crippen molar-refractivity contribution >= 4 is 23.0 Å². The second kappa shape index (κ2) is 9.33. The number of nitrogens with zero attached hydrogens (tertiary/aromatic N) is 1. The Kier molecular flexibility index (Phi) is 6.36. The van der Waals surface area contributed by atoms with E-state index in [0.717, 1.165) is 54.4 Å². The standard InChI is InChI=1S/C22H27N3O3S/c1-25-10-8-19(9-11-25)28-18-5-2-16(3-6-18)15-23-22(29)24-17-4-7-20-21(14-17)27-13-12-26-20/h2-7,14,19H,8-13,15H2,1H3,(H2,23,24,29). The first-order valence-corrected chi connectivity index (χ1v) is 10.5. The fourth-order valence-corrected chi connectivity index (χ4v) is 3.65. The summed E-state index contributed by atoms with van der Waals surface area (Å²) >= 11 is 5.41. The Morgan fingerprint density at radius 3 is 2.55 bits per heavy atom. The van der Waals surface area contributed by atoms with Gasteiger partial charge in [0, 0.05) is 31.4 Å². The van der Waals surface area contributed by atoms with Crippen LogP contribution in [0.25, 0.3) is 0 Å². The molecule has 2 aromatic carbocycles. The van der Waals surface area contributed by atoms with Crippen LogP contribution in [0.5, 0.6) is 17.2 Å². The molecule has 29 heavy (non-hydrogen) atoms.